The molecule has 0 saturated carbocycles. The molecule has 1 unspecified atom stereocenters. The Labute approximate surface area is 124 Å². The van der Waals surface area contributed by atoms with Gasteiger partial charge in [0.05, 0.1) is 5.69 Å². The Morgan fingerprint density at radius 3 is 3.10 bits per heavy atom. The van der Waals surface area contributed by atoms with Crippen LogP contribution in [0.3, 0.4) is 0 Å². The first-order valence-corrected chi connectivity index (χ1v) is 8.14. The van der Waals surface area contributed by atoms with Gasteiger partial charge in [-0.1, -0.05) is 0 Å². The number of nitrogens with two attached hydrogens (primary N) is 1. The van der Waals surface area contributed by atoms with Crippen LogP contribution in [0.25, 0.3) is 4.96 Å². The molecule has 0 bridgehead atoms. The van der Waals surface area contributed by atoms with Gasteiger partial charge in [0.2, 0.25) is 0 Å². The van der Waals surface area contributed by atoms with Crippen LogP contribution in [0, 0.1) is 0 Å². The SMILES string of the molecule is CN(CC1CCCN1C)c1nc2sccn2c1CCN. The van der Waals surface area contributed by atoms with Gasteiger partial charge in [-0.05, 0) is 33.0 Å². The lowest BCUT2D eigenvalue weighted by atomic mass is 10.2. The predicted molar refractivity (Wildman–Crippen MR) is 84.7 cm³/mol. The number of rotatable bonds is 5. The van der Waals surface area contributed by atoms with E-state index >= 15 is 0 Å². The van der Waals surface area contributed by atoms with Gasteiger partial charge in [0, 0.05) is 37.6 Å². The Bertz CT molecular complexity index is 575. The maximum atomic E-state index is 5.77. The van der Waals surface area contributed by atoms with E-state index < -0.39 is 0 Å². The second-order valence-corrected chi connectivity index (χ2v) is 6.51. The number of hydrogen-bond acceptors (Lipinski definition) is 5. The van der Waals surface area contributed by atoms with Crippen molar-refractivity contribution in [2.75, 3.05) is 38.6 Å². The van der Waals surface area contributed by atoms with Crippen LogP contribution < -0.4 is 10.6 Å². The molecule has 110 valence electrons. The first-order chi connectivity index (χ1) is 9.70. The molecular formula is C14H23N5S. The highest BCUT2D eigenvalue weighted by Crippen LogP contribution is 2.26. The average Bonchev–Trinajstić information content (AvgIpc) is 3.09. The number of anilines is 1. The molecule has 1 saturated heterocycles. The van der Waals surface area contributed by atoms with E-state index in [2.05, 4.69) is 39.9 Å². The molecule has 0 amide bonds. The van der Waals surface area contributed by atoms with Crippen LogP contribution in [-0.2, 0) is 6.42 Å². The Kier molecular flexibility index (Phi) is 3.96. The summed E-state index contributed by atoms with van der Waals surface area (Å²) in [5.41, 5.74) is 7.01. The summed E-state index contributed by atoms with van der Waals surface area (Å²) in [6.45, 7) is 2.92. The monoisotopic (exact) mass is 293 g/mol. The van der Waals surface area contributed by atoms with E-state index in [4.69, 9.17) is 10.7 Å². The molecule has 1 aliphatic rings. The minimum Gasteiger partial charge on any atom is -0.357 e. The summed E-state index contributed by atoms with van der Waals surface area (Å²) in [4.78, 5) is 10.6. The zero-order chi connectivity index (χ0) is 14.1. The summed E-state index contributed by atoms with van der Waals surface area (Å²) in [6, 6.07) is 0.644. The minimum absolute atomic E-state index is 0.644. The number of likely N-dealkylation sites (N-methyl/N-ethyl adjacent to an activating group) is 2. The zero-order valence-electron chi connectivity index (χ0n) is 12.2. The van der Waals surface area contributed by atoms with Crippen molar-refractivity contribution in [3.8, 4) is 0 Å². The summed E-state index contributed by atoms with van der Waals surface area (Å²) >= 11 is 1.68. The molecule has 6 heteroatoms. The third-order valence-corrected chi connectivity index (χ3v) is 5.00. The third-order valence-electron chi connectivity index (χ3n) is 4.24. The van der Waals surface area contributed by atoms with Crippen LogP contribution in [0.15, 0.2) is 11.6 Å². The summed E-state index contributed by atoms with van der Waals surface area (Å²) in [7, 11) is 4.37. The molecule has 2 N–H and O–H groups in total. The van der Waals surface area contributed by atoms with E-state index in [0.717, 1.165) is 23.7 Å². The molecular weight excluding hydrogens is 270 g/mol. The lowest BCUT2D eigenvalue weighted by Gasteiger charge is -2.26. The van der Waals surface area contributed by atoms with Gasteiger partial charge in [0.15, 0.2) is 10.8 Å². The van der Waals surface area contributed by atoms with Gasteiger partial charge in [0.25, 0.3) is 0 Å². The molecule has 1 fully saturated rings. The fraction of sp³-hybridized carbons (Fsp3) is 0.643. The largest absolute Gasteiger partial charge is 0.357 e. The number of thiazole rings is 1. The first-order valence-electron chi connectivity index (χ1n) is 7.26. The number of imidazole rings is 1. The quantitative estimate of drug-likeness (QED) is 0.906. The van der Waals surface area contributed by atoms with Crippen molar-refractivity contribution in [1.29, 1.82) is 0 Å². The Hall–Kier alpha value is -1.11. The number of nitrogens with zero attached hydrogens (tertiary/aromatic N) is 4. The molecule has 2 aromatic rings. The van der Waals surface area contributed by atoms with Crippen LogP contribution in [0.1, 0.15) is 18.5 Å². The number of fused-ring (bicyclic) bond motifs is 1. The Morgan fingerprint density at radius 2 is 2.40 bits per heavy atom. The van der Waals surface area contributed by atoms with Crippen LogP contribution in [-0.4, -0.2) is 54.1 Å². The number of hydrogen-bond donors (Lipinski definition) is 1. The lowest BCUT2D eigenvalue weighted by molar-refractivity contribution is 0.314. The van der Waals surface area contributed by atoms with Crippen LogP contribution >= 0.6 is 11.3 Å². The molecule has 0 spiro atoms. The van der Waals surface area contributed by atoms with E-state index in [9.17, 15) is 0 Å². The van der Waals surface area contributed by atoms with E-state index in [1.807, 2.05) is 0 Å². The van der Waals surface area contributed by atoms with Gasteiger partial charge in [-0.3, -0.25) is 4.40 Å². The number of aromatic nitrogens is 2. The van der Waals surface area contributed by atoms with E-state index in [-0.39, 0.29) is 0 Å². The fourth-order valence-corrected chi connectivity index (χ4v) is 3.84. The van der Waals surface area contributed by atoms with Crippen LogP contribution in [0.2, 0.25) is 0 Å². The van der Waals surface area contributed by atoms with Crippen molar-refractivity contribution in [2.45, 2.75) is 25.3 Å². The molecule has 3 heterocycles. The van der Waals surface area contributed by atoms with E-state index in [1.165, 1.54) is 25.1 Å². The normalized spacial score (nSPS) is 20.1. The lowest BCUT2D eigenvalue weighted by Crippen LogP contribution is -2.37. The maximum absolute atomic E-state index is 5.77. The summed E-state index contributed by atoms with van der Waals surface area (Å²) < 4.78 is 2.18. The average molecular weight is 293 g/mol. The van der Waals surface area contributed by atoms with Crippen molar-refractivity contribution in [3.63, 3.8) is 0 Å². The van der Waals surface area contributed by atoms with Gasteiger partial charge in [-0.25, -0.2) is 4.98 Å². The molecule has 1 atom stereocenters. The molecule has 1 aliphatic heterocycles. The fourth-order valence-electron chi connectivity index (χ4n) is 3.11. The molecule has 2 aromatic heterocycles. The van der Waals surface area contributed by atoms with Crippen molar-refractivity contribution in [2.24, 2.45) is 5.73 Å². The summed E-state index contributed by atoms with van der Waals surface area (Å²) in [6.07, 6.45) is 5.56. The second kappa shape index (κ2) is 5.71. The highest BCUT2D eigenvalue weighted by atomic mass is 32.1. The third kappa shape index (κ3) is 2.43. The van der Waals surface area contributed by atoms with E-state index in [1.54, 1.807) is 11.3 Å². The number of likely N-dealkylation sites (tertiary alicyclic amines) is 1. The van der Waals surface area contributed by atoms with Crippen molar-refractivity contribution in [1.82, 2.24) is 14.3 Å². The smallest absolute Gasteiger partial charge is 0.195 e. The zero-order valence-corrected chi connectivity index (χ0v) is 13.1. The standard InChI is InChI=1S/C14H23N5S/c1-17-7-3-4-11(17)10-18(2)13-12(5-6-15)19-8-9-20-14(19)16-13/h8-9,11H,3-7,10,15H2,1-2H3. The molecule has 20 heavy (non-hydrogen) atoms. The Morgan fingerprint density at radius 1 is 1.55 bits per heavy atom. The predicted octanol–water partition coefficient (Wildman–Crippen LogP) is 1.43. The molecule has 3 rings (SSSR count). The minimum atomic E-state index is 0.644. The Balaban J connectivity index is 1.84. The van der Waals surface area contributed by atoms with Gasteiger partial charge in [-0.15, -0.1) is 11.3 Å². The molecule has 0 aromatic carbocycles. The topological polar surface area (TPSA) is 49.8 Å². The van der Waals surface area contributed by atoms with Gasteiger partial charge in [-0.2, -0.15) is 0 Å². The first kappa shape index (κ1) is 13.9. The van der Waals surface area contributed by atoms with Crippen LogP contribution in [0.4, 0.5) is 5.82 Å². The second-order valence-electron chi connectivity index (χ2n) is 5.63. The highest BCUT2D eigenvalue weighted by molar-refractivity contribution is 7.15. The van der Waals surface area contributed by atoms with Gasteiger partial charge < -0.3 is 15.5 Å². The van der Waals surface area contributed by atoms with Crippen molar-refractivity contribution < 1.29 is 0 Å². The molecule has 5 nitrogen and oxygen atoms in total. The summed E-state index contributed by atoms with van der Waals surface area (Å²) in [5.74, 6) is 1.10. The van der Waals surface area contributed by atoms with Crippen molar-refractivity contribution in [3.05, 3.63) is 17.3 Å². The van der Waals surface area contributed by atoms with E-state index in [0.29, 0.717) is 12.6 Å². The maximum Gasteiger partial charge on any atom is 0.195 e. The van der Waals surface area contributed by atoms with Gasteiger partial charge in [0.1, 0.15) is 0 Å². The van der Waals surface area contributed by atoms with Crippen molar-refractivity contribution >= 4 is 22.1 Å². The summed E-state index contributed by atoms with van der Waals surface area (Å²) in [5, 5.41) is 2.08. The highest BCUT2D eigenvalue weighted by Gasteiger charge is 2.24. The molecule has 0 aliphatic carbocycles. The molecule has 0 radical (unpaired) electrons. The van der Waals surface area contributed by atoms with Gasteiger partial charge >= 0.3 is 0 Å². The van der Waals surface area contributed by atoms with Crippen LogP contribution in [0.5, 0.6) is 0 Å².